The van der Waals surface area contributed by atoms with Crippen molar-refractivity contribution in [2.24, 2.45) is 0 Å². The smallest absolute Gasteiger partial charge is 0.194 e. The van der Waals surface area contributed by atoms with Crippen LogP contribution >= 0.6 is 11.3 Å². The summed E-state index contributed by atoms with van der Waals surface area (Å²) in [6, 6.07) is 52.5. The van der Waals surface area contributed by atoms with Gasteiger partial charge in [-0.25, -0.2) is 4.98 Å². The van der Waals surface area contributed by atoms with Crippen LogP contribution in [-0.2, 0) is 0 Å². The first-order chi connectivity index (χ1) is 24.8. The zero-order valence-electron chi connectivity index (χ0n) is 26.7. The molecule has 0 unspecified atom stereocenters. The highest BCUT2D eigenvalue weighted by Gasteiger charge is 2.17. The summed E-state index contributed by atoms with van der Waals surface area (Å²) in [4.78, 5) is 10.5. The molecule has 50 heavy (non-hydrogen) atoms. The molecule has 5 aromatic heterocycles. The van der Waals surface area contributed by atoms with Gasteiger partial charge in [-0.05, 0) is 83.9 Å². The van der Waals surface area contributed by atoms with Crippen LogP contribution in [0.25, 0.3) is 93.4 Å². The average Bonchev–Trinajstić information content (AvgIpc) is 3.94. The molecular formula is C44H27N5S. The lowest BCUT2D eigenvalue weighted by Gasteiger charge is -2.12. The van der Waals surface area contributed by atoms with Crippen LogP contribution in [-0.4, -0.2) is 23.5 Å². The van der Waals surface area contributed by atoms with Gasteiger partial charge in [0.15, 0.2) is 4.96 Å². The Labute approximate surface area is 290 Å². The summed E-state index contributed by atoms with van der Waals surface area (Å²) in [6.45, 7) is 0. The lowest BCUT2D eigenvalue weighted by atomic mass is 10.0. The molecule has 0 saturated heterocycles. The summed E-state index contributed by atoms with van der Waals surface area (Å²) >= 11 is 1.65. The molecule has 11 aromatic rings. The molecule has 0 bridgehead atoms. The lowest BCUT2D eigenvalue weighted by molar-refractivity contribution is 1.17. The summed E-state index contributed by atoms with van der Waals surface area (Å²) in [6.07, 6.45) is 3.99. The van der Waals surface area contributed by atoms with Crippen molar-refractivity contribution in [1.82, 2.24) is 23.5 Å². The zero-order valence-corrected chi connectivity index (χ0v) is 27.5. The minimum absolute atomic E-state index is 0.939. The van der Waals surface area contributed by atoms with E-state index in [4.69, 9.17) is 9.97 Å². The Balaban J connectivity index is 1.05. The van der Waals surface area contributed by atoms with Gasteiger partial charge in [0.05, 0.1) is 38.8 Å². The molecule has 234 valence electrons. The minimum Gasteiger partial charge on any atom is -0.309 e. The molecule has 0 aliphatic carbocycles. The van der Waals surface area contributed by atoms with E-state index in [1.165, 1.54) is 43.6 Å². The van der Waals surface area contributed by atoms with E-state index < -0.39 is 0 Å². The predicted octanol–water partition coefficient (Wildman–Crippen LogP) is 11.5. The maximum atomic E-state index is 4.78. The third-order valence-electron chi connectivity index (χ3n) is 10.0. The second kappa shape index (κ2) is 10.5. The van der Waals surface area contributed by atoms with E-state index in [2.05, 4.69) is 171 Å². The highest BCUT2D eigenvalue weighted by atomic mass is 32.1. The first-order valence-electron chi connectivity index (χ1n) is 16.7. The molecule has 0 saturated carbocycles. The Kier molecular flexibility index (Phi) is 5.76. The highest BCUT2D eigenvalue weighted by molar-refractivity contribution is 7.15. The predicted molar refractivity (Wildman–Crippen MR) is 208 cm³/mol. The van der Waals surface area contributed by atoms with Gasteiger partial charge in [0.25, 0.3) is 0 Å². The van der Waals surface area contributed by atoms with Crippen LogP contribution < -0.4 is 0 Å². The number of fused-ring (bicyclic) bond motifs is 9. The van der Waals surface area contributed by atoms with Crippen molar-refractivity contribution in [3.63, 3.8) is 0 Å². The summed E-state index contributed by atoms with van der Waals surface area (Å²) in [5, 5.41) is 7.07. The summed E-state index contributed by atoms with van der Waals surface area (Å²) in [5.74, 6) is 0. The minimum atomic E-state index is 0.939. The molecule has 0 radical (unpaired) electrons. The Bertz CT molecular complexity index is 3070. The molecule has 5 heterocycles. The van der Waals surface area contributed by atoms with Crippen LogP contribution in [0.3, 0.4) is 0 Å². The van der Waals surface area contributed by atoms with Crippen LogP contribution in [0.4, 0.5) is 0 Å². The molecule has 11 rings (SSSR count). The van der Waals surface area contributed by atoms with Crippen LogP contribution in [0, 0.1) is 0 Å². The Morgan fingerprint density at radius 2 is 1.12 bits per heavy atom. The standard InChI is InChI=1S/C44H27N5S/c1-4-13-39-33(10-1)34-11-2-5-14-40(34)49(39)32-17-19-42-36(27-32)35-12-3-6-15-41(35)48(42)31-9-7-8-28(24-31)29-20-21-45-38(25-29)30-16-18-37-43(26-30)47-22-23-50-44(47)46-37/h1-27H. The molecule has 6 aromatic carbocycles. The van der Waals surface area contributed by atoms with E-state index in [0.717, 1.165) is 49.8 Å². The van der Waals surface area contributed by atoms with Gasteiger partial charge in [-0.15, -0.1) is 11.3 Å². The van der Waals surface area contributed by atoms with Crippen LogP contribution in [0.2, 0.25) is 0 Å². The molecule has 5 nitrogen and oxygen atoms in total. The van der Waals surface area contributed by atoms with E-state index in [0.29, 0.717) is 0 Å². The number of pyridine rings is 1. The number of hydrogen-bond acceptors (Lipinski definition) is 3. The molecule has 0 aliphatic rings. The fourth-order valence-corrected chi connectivity index (χ4v) is 8.51. The van der Waals surface area contributed by atoms with E-state index in [-0.39, 0.29) is 0 Å². The largest absolute Gasteiger partial charge is 0.309 e. The summed E-state index contributed by atoms with van der Waals surface area (Å²) in [7, 11) is 0. The third kappa shape index (κ3) is 4.00. The van der Waals surface area contributed by atoms with Crippen molar-refractivity contribution in [3.05, 3.63) is 163 Å². The fourth-order valence-electron chi connectivity index (χ4n) is 7.78. The lowest BCUT2D eigenvalue weighted by Crippen LogP contribution is -1.96. The number of rotatable bonds is 4. The first kappa shape index (κ1) is 27.5. The first-order valence-corrected chi connectivity index (χ1v) is 17.6. The number of aromatic nitrogens is 5. The molecule has 0 spiro atoms. The molecule has 0 aliphatic heterocycles. The van der Waals surface area contributed by atoms with E-state index in [1.54, 1.807) is 11.3 Å². The number of thiazole rings is 1. The molecular weight excluding hydrogens is 631 g/mol. The fraction of sp³-hybridized carbons (Fsp3) is 0. The third-order valence-corrected chi connectivity index (χ3v) is 10.8. The van der Waals surface area contributed by atoms with Gasteiger partial charge < -0.3 is 9.13 Å². The summed E-state index contributed by atoms with van der Waals surface area (Å²) < 4.78 is 6.94. The second-order valence-corrected chi connectivity index (χ2v) is 13.6. The number of para-hydroxylation sites is 3. The number of hydrogen-bond donors (Lipinski definition) is 0. The zero-order chi connectivity index (χ0) is 32.8. The van der Waals surface area contributed by atoms with Crippen molar-refractivity contribution in [1.29, 1.82) is 0 Å². The molecule has 0 amide bonds. The Morgan fingerprint density at radius 3 is 1.88 bits per heavy atom. The van der Waals surface area contributed by atoms with Crippen molar-refractivity contribution in [2.45, 2.75) is 0 Å². The van der Waals surface area contributed by atoms with E-state index in [9.17, 15) is 0 Å². The maximum absolute atomic E-state index is 4.78. The van der Waals surface area contributed by atoms with Gasteiger partial charge >= 0.3 is 0 Å². The SMILES string of the molecule is c1cc(-c2ccnc(-c3ccc4nc5sccn5c4c3)c2)cc(-n2c3ccccc3c3cc(-n4c5ccccc5c5ccccc54)ccc32)c1. The Hall–Kier alpha value is -6.50. The van der Waals surface area contributed by atoms with Crippen LogP contribution in [0.15, 0.2) is 163 Å². The van der Waals surface area contributed by atoms with Gasteiger partial charge in [0.2, 0.25) is 0 Å². The molecule has 6 heteroatoms. The van der Waals surface area contributed by atoms with Crippen LogP contribution in [0.1, 0.15) is 0 Å². The van der Waals surface area contributed by atoms with Gasteiger partial charge in [0.1, 0.15) is 0 Å². The summed E-state index contributed by atoms with van der Waals surface area (Å²) in [5.41, 5.74) is 13.4. The maximum Gasteiger partial charge on any atom is 0.194 e. The average molecular weight is 658 g/mol. The van der Waals surface area contributed by atoms with E-state index in [1.807, 2.05) is 6.20 Å². The van der Waals surface area contributed by atoms with Crippen molar-refractivity contribution < 1.29 is 0 Å². The number of nitrogens with zero attached hydrogens (tertiary/aromatic N) is 5. The van der Waals surface area contributed by atoms with Gasteiger partial charge in [0, 0.05) is 56.3 Å². The molecule has 0 N–H and O–H groups in total. The highest BCUT2D eigenvalue weighted by Crippen LogP contribution is 2.38. The Morgan fingerprint density at radius 1 is 0.460 bits per heavy atom. The van der Waals surface area contributed by atoms with Gasteiger partial charge in [-0.3, -0.25) is 9.38 Å². The number of imidazole rings is 1. The van der Waals surface area contributed by atoms with Gasteiger partial charge in [-0.1, -0.05) is 72.8 Å². The monoisotopic (exact) mass is 657 g/mol. The van der Waals surface area contributed by atoms with Crippen molar-refractivity contribution >= 4 is 70.9 Å². The van der Waals surface area contributed by atoms with Crippen LogP contribution in [0.5, 0.6) is 0 Å². The molecule has 0 atom stereocenters. The van der Waals surface area contributed by atoms with Gasteiger partial charge in [-0.2, -0.15) is 0 Å². The number of benzene rings is 6. The second-order valence-electron chi connectivity index (χ2n) is 12.8. The quantitative estimate of drug-likeness (QED) is 0.189. The molecule has 0 fully saturated rings. The van der Waals surface area contributed by atoms with Crippen molar-refractivity contribution in [2.75, 3.05) is 0 Å². The van der Waals surface area contributed by atoms with Crippen molar-refractivity contribution in [3.8, 4) is 33.8 Å². The topological polar surface area (TPSA) is 40.1 Å². The van der Waals surface area contributed by atoms with E-state index >= 15 is 0 Å². The normalized spacial score (nSPS) is 12.0.